The molecule has 58 valence electrons. The quantitative estimate of drug-likeness (QED) is 0.334. The molecule has 2 N–H and O–H groups in total. The van der Waals surface area contributed by atoms with E-state index in [9.17, 15) is 0 Å². The third-order valence-electron chi connectivity index (χ3n) is 0.667. The van der Waals surface area contributed by atoms with Gasteiger partial charge >= 0.3 is 29.6 Å². The van der Waals surface area contributed by atoms with Gasteiger partial charge in [0.2, 0.25) is 0 Å². The molecule has 0 aromatic heterocycles. The van der Waals surface area contributed by atoms with E-state index in [4.69, 9.17) is 9.84 Å². The molecule has 10 heavy (non-hydrogen) atoms. The molecule has 0 radical (unpaired) electrons. The molecular weight excluding hydrogens is 147 g/mol. The van der Waals surface area contributed by atoms with Gasteiger partial charge in [-0.2, -0.15) is 0 Å². The Morgan fingerprint density at radius 1 is 1.20 bits per heavy atom. The average Bonchev–Trinajstić information content (AvgIpc) is 1.81. The summed E-state index contributed by atoms with van der Waals surface area (Å²) in [5, 5.41) is 8.20. The molecule has 0 aromatic carbocycles. The van der Waals surface area contributed by atoms with Crippen LogP contribution in [0.2, 0.25) is 0 Å². The Morgan fingerprint density at radius 3 is 2.20 bits per heavy atom. The van der Waals surface area contributed by atoms with Crippen molar-refractivity contribution in [2.24, 2.45) is 0 Å². The van der Waals surface area contributed by atoms with E-state index >= 15 is 0 Å². The van der Waals surface area contributed by atoms with Gasteiger partial charge in [0.1, 0.15) is 0 Å². The maximum absolute atomic E-state index is 8.20. The molecule has 0 rings (SSSR count). The minimum absolute atomic E-state index is 0. The van der Waals surface area contributed by atoms with E-state index in [-0.39, 0.29) is 41.6 Å². The fraction of sp³-hybridized carbons (Fsp3) is 1.00. The molecule has 0 aliphatic carbocycles. The third-order valence-corrected chi connectivity index (χ3v) is 0.667. The van der Waals surface area contributed by atoms with Gasteiger partial charge in [0.15, 0.2) is 0 Å². The first-order valence-electron chi connectivity index (χ1n) is 2.59. The second kappa shape index (κ2) is 16.4. The molecule has 0 saturated heterocycles. The molecule has 4 nitrogen and oxygen atoms in total. The van der Waals surface area contributed by atoms with Crippen LogP contribution in [-0.4, -0.2) is 44.1 Å². The fourth-order valence-corrected chi connectivity index (χ4v) is 0.309. The first kappa shape index (κ1) is 17.1. The Balaban J connectivity index is -0.000000245. The maximum atomic E-state index is 8.20. The minimum Gasteiger partial charge on any atom is -0.870 e. The van der Waals surface area contributed by atoms with E-state index in [0.29, 0.717) is 19.8 Å². The van der Waals surface area contributed by atoms with E-state index < -0.39 is 0 Å². The largest absolute Gasteiger partial charge is 1.00 e. The van der Waals surface area contributed by atoms with Crippen molar-refractivity contribution in [1.82, 2.24) is 0 Å². The zero-order valence-corrected chi connectivity index (χ0v) is 8.54. The van der Waals surface area contributed by atoms with Crippen LogP contribution < -0.4 is 29.6 Å². The maximum Gasteiger partial charge on any atom is 1.00 e. The van der Waals surface area contributed by atoms with Gasteiger partial charge in [-0.1, -0.05) is 0 Å². The van der Waals surface area contributed by atoms with Gasteiger partial charge in [-0.25, -0.2) is 0 Å². The molecular formula is C5H13NaO4. The monoisotopic (exact) mass is 160 g/mol. The summed E-state index contributed by atoms with van der Waals surface area (Å²) in [6, 6.07) is 0. The second-order valence-electron chi connectivity index (χ2n) is 1.33. The topological polar surface area (TPSA) is 68.7 Å². The van der Waals surface area contributed by atoms with Crippen molar-refractivity contribution in [2.45, 2.75) is 0 Å². The zero-order chi connectivity index (χ0) is 6.24. The van der Waals surface area contributed by atoms with Crippen molar-refractivity contribution in [3.63, 3.8) is 0 Å². The SMILES string of the molecule is COCCOCCO.[Na+].[OH-]. The molecule has 0 aliphatic rings. The van der Waals surface area contributed by atoms with Crippen LogP contribution in [0.1, 0.15) is 0 Å². The van der Waals surface area contributed by atoms with Crippen LogP contribution in [0.15, 0.2) is 0 Å². The number of hydrogen-bond acceptors (Lipinski definition) is 4. The molecule has 0 atom stereocenters. The summed E-state index contributed by atoms with van der Waals surface area (Å²) in [5.74, 6) is 0. The van der Waals surface area contributed by atoms with Crippen LogP contribution in [-0.2, 0) is 9.47 Å². The smallest absolute Gasteiger partial charge is 0.870 e. The first-order chi connectivity index (χ1) is 3.91. The molecule has 5 heteroatoms. The van der Waals surface area contributed by atoms with Crippen molar-refractivity contribution >= 4 is 0 Å². The van der Waals surface area contributed by atoms with Crippen molar-refractivity contribution in [2.75, 3.05) is 33.5 Å². The van der Waals surface area contributed by atoms with Gasteiger partial charge in [0, 0.05) is 7.11 Å². The Kier molecular flexibility index (Phi) is 28.1. The van der Waals surface area contributed by atoms with E-state index in [2.05, 4.69) is 4.74 Å². The molecule has 0 spiro atoms. The predicted molar refractivity (Wildman–Crippen MR) is 31.7 cm³/mol. The fourth-order valence-electron chi connectivity index (χ4n) is 0.309. The van der Waals surface area contributed by atoms with E-state index in [1.165, 1.54) is 0 Å². The van der Waals surface area contributed by atoms with Crippen LogP contribution in [0.25, 0.3) is 0 Å². The average molecular weight is 160 g/mol. The molecule has 0 unspecified atom stereocenters. The third kappa shape index (κ3) is 15.9. The number of methoxy groups -OCH3 is 1. The number of aliphatic hydroxyl groups excluding tert-OH is 1. The Hall–Kier alpha value is 0.840. The summed E-state index contributed by atoms with van der Waals surface area (Å²) < 4.78 is 9.53. The molecule has 0 fully saturated rings. The first-order valence-corrected chi connectivity index (χ1v) is 2.59. The summed E-state index contributed by atoms with van der Waals surface area (Å²) in [5.41, 5.74) is 0. The Morgan fingerprint density at radius 2 is 1.80 bits per heavy atom. The molecule has 0 heterocycles. The van der Waals surface area contributed by atoms with Crippen molar-refractivity contribution in [3.05, 3.63) is 0 Å². The van der Waals surface area contributed by atoms with Gasteiger partial charge in [0.25, 0.3) is 0 Å². The summed E-state index contributed by atoms with van der Waals surface area (Å²) in [6.45, 7) is 1.66. The number of rotatable bonds is 5. The van der Waals surface area contributed by atoms with Gasteiger partial charge in [-0.3, -0.25) is 0 Å². The Labute approximate surface area is 83.1 Å². The van der Waals surface area contributed by atoms with Crippen LogP contribution in [0.3, 0.4) is 0 Å². The predicted octanol–water partition coefficient (Wildman–Crippen LogP) is -3.53. The Bertz CT molecular complexity index is 38.6. The van der Waals surface area contributed by atoms with E-state index in [1.807, 2.05) is 0 Å². The normalized spacial score (nSPS) is 7.80. The molecule has 0 saturated carbocycles. The van der Waals surface area contributed by atoms with Gasteiger partial charge < -0.3 is 20.1 Å². The zero-order valence-electron chi connectivity index (χ0n) is 6.54. The number of hydrogen-bond donors (Lipinski definition) is 1. The van der Waals surface area contributed by atoms with Gasteiger partial charge in [-0.15, -0.1) is 0 Å². The van der Waals surface area contributed by atoms with Crippen molar-refractivity contribution < 1.29 is 49.6 Å². The molecule has 0 aliphatic heterocycles. The van der Waals surface area contributed by atoms with Crippen LogP contribution in [0, 0.1) is 0 Å². The number of aliphatic hydroxyl groups is 1. The summed E-state index contributed by atoms with van der Waals surface area (Å²) in [6.07, 6.45) is 0. The van der Waals surface area contributed by atoms with Crippen LogP contribution in [0.5, 0.6) is 0 Å². The van der Waals surface area contributed by atoms with Gasteiger partial charge in [-0.05, 0) is 0 Å². The summed E-state index contributed by atoms with van der Waals surface area (Å²) in [7, 11) is 1.61. The van der Waals surface area contributed by atoms with Gasteiger partial charge in [0.05, 0.1) is 26.4 Å². The molecule has 0 bridgehead atoms. The minimum atomic E-state index is 0. The molecule has 0 aromatic rings. The standard InChI is InChI=1S/C5H12O3.Na.H2O/c1-7-4-5-8-3-2-6;;/h6H,2-5H2,1H3;;1H2/q;+1;/p-1. The van der Waals surface area contributed by atoms with E-state index in [1.54, 1.807) is 7.11 Å². The van der Waals surface area contributed by atoms with E-state index in [0.717, 1.165) is 0 Å². The van der Waals surface area contributed by atoms with Crippen LogP contribution >= 0.6 is 0 Å². The van der Waals surface area contributed by atoms with Crippen molar-refractivity contribution in [3.8, 4) is 0 Å². The summed E-state index contributed by atoms with van der Waals surface area (Å²) in [4.78, 5) is 0. The summed E-state index contributed by atoms with van der Waals surface area (Å²) >= 11 is 0. The number of ether oxygens (including phenoxy) is 2. The van der Waals surface area contributed by atoms with Crippen LogP contribution in [0.4, 0.5) is 0 Å². The second-order valence-corrected chi connectivity index (χ2v) is 1.33. The van der Waals surface area contributed by atoms with Crippen molar-refractivity contribution in [1.29, 1.82) is 0 Å². The molecule has 0 amide bonds.